The van der Waals surface area contributed by atoms with E-state index in [4.69, 9.17) is 10.5 Å². The molecule has 5 heteroatoms. The molecule has 2 N–H and O–H groups in total. The first kappa shape index (κ1) is 13.0. The average Bonchev–Trinajstić information content (AvgIpc) is 2.30. The fourth-order valence-electron chi connectivity index (χ4n) is 1.35. The van der Waals surface area contributed by atoms with Crippen LogP contribution in [0.15, 0.2) is 24.3 Å². The van der Waals surface area contributed by atoms with E-state index in [0.29, 0.717) is 18.7 Å². The monoisotopic (exact) mass is 236 g/mol. The van der Waals surface area contributed by atoms with E-state index in [0.717, 1.165) is 5.56 Å². The van der Waals surface area contributed by atoms with E-state index in [9.17, 15) is 9.59 Å². The maximum atomic E-state index is 11.4. The molecule has 92 valence electrons. The number of ether oxygens (including phenoxy) is 1. The lowest BCUT2D eigenvalue weighted by Crippen LogP contribution is -2.26. The summed E-state index contributed by atoms with van der Waals surface area (Å²) in [5, 5.41) is 0. The van der Waals surface area contributed by atoms with E-state index >= 15 is 0 Å². The van der Waals surface area contributed by atoms with Gasteiger partial charge in [0.2, 0.25) is 5.91 Å². The maximum absolute atomic E-state index is 11.4. The number of amides is 2. The molecule has 0 aliphatic rings. The molecule has 0 atom stereocenters. The second-order valence-corrected chi connectivity index (χ2v) is 3.62. The predicted octanol–water partition coefficient (Wildman–Crippen LogP) is 1.37. The number of carbonyl (C=O) groups excluding carboxylic acids is 2. The number of primary amides is 1. The van der Waals surface area contributed by atoms with Crippen LogP contribution in [0.4, 0.5) is 4.79 Å². The average molecular weight is 236 g/mol. The molecule has 0 saturated heterocycles. The minimum absolute atomic E-state index is 0.351. The van der Waals surface area contributed by atoms with Crippen molar-refractivity contribution in [2.75, 3.05) is 13.7 Å². The van der Waals surface area contributed by atoms with Gasteiger partial charge in [-0.3, -0.25) is 4.79 Å². The second-order valence-electron chi connectivity index (χ2n) is 3.62. The van der Waals surface area contributed by atoms with Gasteiger partial charge in [-0.05, 0) is 24.6 Å². The summed E-state index contributed by atoms with van der Waals surface area (Å²) in [5.74, 6) is -0.463. The van der Waals surface area contributed by atoms with Crippen LogP contribution in [0.1, 0.15) is 22.8 Å². The standard InChI is InChI=1S/C12H16N2O3/c1-3-17-12(16)14(2)8-9-4-6-10(7-5-9)11(13)15/h4-7H,3,8H2,1-2H3,(H2,13,15). The molecule has 0 spiro atoms. The van der Waals surface area contributed by atoms with Crippen molar-refractivity contribution >= 4 is 12.0 Å². The number of hydrogen-bond donors (Lipinski definition) is 1. The Hall–Kier alpha value is -2.04. The largest absolute Gasteiger partial charge is 0.450 e. The number of nitrogens with two attached hydrogens (primary N) is 1. The van der Waals surface area contributed by atoms with Crippen LogP contribution in [0.25, 0.3) is 0 Å². The molecule has 0 heterocycles. The first-order valence-corrected chi connectivity index (χ1v) is 5.31. The van der Waals surface area contributed by atoms with E-state index < -0.39 is 5.91 Å². The molecule has 0 fully saturated rings. The van der Waals surface area contributed by atoms with E-state index in [-0.39, 0.29) is 6.09 Å². The summed E-state index contributed by atoms with van der Waals surface area (Å²) in [6.07, 6.45) is -0.369. The number of nitrogens with zero attached hydrogens (tertiary/aromatic N) is 1. The minimum Gasteiger partial charge on any atom is -0.450 e. The topological polar surface area (TPSA) is 72.6 Å². The van der Waals surface area contributed by atoms with Crippen LogP contribution in [0, 0.1) is 0 Å². The van der Waals surface area contributed by atoms with Gasteiger partial charge in [-0.1, -0.05) is 12.1 Å². The van der Waals surface area contributed by atoms with Gasteiger partial charge in [-0.25, -0.2) is 4.79 Å². The molecule has 0 aliphatic carbocycles. The Morgan fingerprint density at radius 3 is 2.35 bits per heavy atom. The maximum Gasteiger partial charge on any atom is 0.409 e. The van der Waals surface area contributed by atoms with Gasteiger partial charge in [0.15, 0.2) is 0 Å². The molecule has 0 unspecified atom stereocenters. The first-order valence-electron chi connectivity index (χ1n) is 5.31. The Bertz CT molecular complexity index is 401. The Labute approximate surface area is 100 Å². The minimum atomic E-state index is -0.463. The molecular weight excluding hydrogens is 220 g/mol. The third kappa shape index (κ3) is 3.79. The molecule has 2 amide bonds. The smallest absolute Gasteiger partial charge is 0.409 e. The lowest BCUT2D eigenvalue weighted by molar-refractivity contribution is 0.0999. The van der Waals surface area contributed by atoms with Crippen molar-refractivity contribution < 1.29 is 14.3 Å². The normalized spacial score (nSPS) is 9.76. The molecule has 17 heavy (non-hydrogen) atoms. The van der Waals surface area contributed by atoms with Gasteiger partial charge in [0.05, 0.1) is 6.61 Å². The van der Waals surface area contributed by atoms with E-state index in [1.807, 2.05) is 0 Å². The highest BCUT2D eigenvalue weighted by Crippen LogP contribution is 2.07. The van der Waals surface area contributed by atoms with Crippen LogP contribution in [0.3, 0.4) is 0 Å². The van der Waals surface area contributed by atoms with Crippen molar-refractivity contribution in [3.8, 4) is 0 Å². The molecular formula is C12H16N2O3. The summed E-state index contributed by atoms with van der Waals surface area (Å²) < 4.78 is 4.85. The summed E-state index contributed by atoms with van der Waals surface area (Å²) in [7, 11) is 1.65. The Balaban J connectivity index is 2.63. The van der Waals surface area contributed by atoms with Crippen molar-refractivity contribution in [1.29, 1.82) is 0 Å². The first-order chi connectivity index (χ1) is 8.04. The van der Waals surface area contributed by atoms with Crippen LogP contribution in [-0.2, 0) is 11.3 Å². The van der Waals surface area contributed by atoms with Crippen LogP contribution in [0.2, 0.25) is 0 Å². The zero-order chi connectivity index (χ0) is 12.8. The number of rotatable bonds is 4. The van der Waals surface area contributed by atoms with Gasteiger partial charge in [-0.15, -0.1) is 0 Å². The van der Waals surface area contributed by atoms with Crippen molar-refractivity contribution in [2.24, 2.45) is 5.73 Å². The summed E-state index contributed by atoms with van der Waals surface area (Å²) in [4.78, 5) is 23.7. The molecule has 0 bridgehead atoms. The third-order valence-corrected chi connectivity index (χ3v) is 2.24. The highest BCUT2D eigenvalue weighted by atomic mass is 16.5. The summed E-state index contributed by atoms with van der Waals surface area (Å²) >= 11 is 0. The van der Waals surface area contributed by atoms with Crippen LogP contribution >= 0.6 is 0 Å². The summed E-state index contributed by atoms with van der Waals surface area (Å²) in [6.45, 7) is 2.54. The van der Waals surface area contributed by atoms with Gasteiger partial charge in [0, 0.05) is 19.2 Å². The Kier molecular flexibility index (Phi) is 4.51. The quantitative estimate of drug-likeness (QED) is 0.858. The molecule has 1 aromatic rings. The van der Waals surface area contributed by atoms with Crippen molar-refractivity contribution in [3.05, 3.63) is 35.4 Å². The molecule has 1 aromatic carbocycles. The van der Waals surface area contributed by atoms with Gasteiger partial charge >= 0.3 is 6.09 Å². The van der Waals surface area contributed by atoms with Crippen LogP contribution in [0.5, 0.6) is 0 Å². The van der Waals surface area contributed by atoms with Gasteiger partial charge in [-0.2, -0.15) is 0 Å². The highest BCUT2D eigenvalue weighted by Gasteiger charge is 2.09. The van der Waals surface area contributed by atoms with Gasteiger partial charge in [0.1, 0.15) is 0 Å². The van der Waals surface area contributed by atoms with Crippen molar-refractivity contribution in [2.45, 2.75) is 13.5 Å². The second kappa shape index (κ2) is 5.89. The molecule has 1 rings (SSSR count). The molecule has 0 radical (unpaired) electrons. The lowest BCUT2D eigenvalue weighted by atomic mass is 10.1. The van der Waals surface area contributed by atoms with Crippen LogP contribution < -0.4 is 5.73 Å². The SMILES string of the molecule is CCOC(=O)N(C)Cc1ccc(C(N)=O)cc1. The van der Waals surface area contributed by atoms with Crippen LogP contribution in [-0.4, -0.2) is 30.6 Å². The van der Waals surface area contributed by atoms with E-state index in [2.05, 4.69) is 0 Å². The summed E-state index contributed by atoms with van der Waals surface area (Å²) in [5.41, 5.74) is 6.49. The zero-order valence-electron chi connectivity index (χ0n) is 9.97. The number of carbonyl (C=O) groups is 2. The van der Waals surface area contributed by atoms with Crippen molar-refractivity contribution in [1.82, 2.24) is 4.90 Å². The third-order valence-electron chi connectivity index (χ3n) is 2.24. The molecule has 5 nitrogen and oxygen atoms in total. The fraction of sp³-hybridized carbons (Fsp3) is 0.333. The fourth-order valence-corrected chi connectivity index (χ4v) is 1.35. The Morgan fingerprint density at radius 1 is 1.29 bits per heavy atom. The Morgan fingerprint density at radius 2 is 1.88 bits per heavy atom. The van der Waals surface area contributed by atoms with Gasteiger partial charge in [0.25, 0.3) is 0 Å². The zero-order valence-corrected chi connectivity index (χ0v) is 9.97. The highest BCUT2D eigenvalue weighted by molar-refractivity contribution is 5.92. The number of hydrogen-bond acceptors (Lipinski definition) is 3. The number of benzene rings is 1. The van der Waals surface area contributed by atoms with Crippen molar-refractivity contribution in [3.63, 3.8) is 0 Å². The van der Waals surface area contributed by atoms with Gasteiger partial charge < -0.3 is 15.4 Å². The van der Waals surface area contributed by atoms with E-state index in [1.54, 1.807) is 38.2 Å². The predicted molar refractivity (Wildman–Crippen MR) is 63.4 cm³/mol. The van der Waals surface area contributed by atoms with E-state index in [1.165, 1.54) is 4.90 Å². The molecule has 0 aliphatic heterocycles. The molecule has 0 saturated carbocycles. The lowest BCUT2D eigenvalue weighted by Gasteiger charge is -2.16. The molecule has 0 aromatic heterocycles. The summed E-state index contributed by atoms with van der Waals surface area (Å²) in [6, 6.07) is 6.79.